The SMILES string of the molecule is CCO[Si](CN1CCN(C(=O)OC)CC1)(OCC)OCC. The molecule has 1 rings (SSSR count). The van der Waals surface area contributed by atoms with Crippen LogP contribution in [-0.4, -0.2) is 84.0 Å². The van der Waals surface area contributed by atoms with E-state index in [1.54, 1.807) is 4.90 Å². The van der Waals surface area contributed by atoms with Crippen molar-refractivity contribution in [1.29, 1.82) is 0 Å². The van der Waals surface area contributed by atoms with Gasteiger partial charge in [-0.2, -0.15) is 0 Å². The molecule has 7 nitrogen and oxygen atoms in total. The molecular formula is C13H28N2O5Si. The number of hydrogen-bond acceptors (Lipinski definition) is 6. The molecule has 0 radical (unpaired) electrons. The van der Waals surface area contributed by atoms with Gasteiger partial charge in [0.05, 0.1) is 13.3 Å². The molecule has 0 aromatic rings. The highest BCUT2D eigenvalue weighted by molar-refractivity contribution is 6.60. The van der Waals surface area contributed by atoms with E-state index in [2.05, 4.69) is 4.90 Å². The summed E-state index contributed by atoms with van der Waals surface area (Å²) in [6.45, 7) is 10.5. The minimum absolute atomic E-state index is 0.266. The van der Waals surface area contributed by atoms with Gasteiger partial charge in [0.25, 0.3) is 0 Å². The summed E-state index contributed by atoms with van der Waals surface area (Å²) in [5, 5.41) is 0. The molecule has 1 fully saturated rings. The van der Waals surface area contributed by atoms with Crippen LogP contribution in [0.5, 0.6) is 0 Å². The number of methoxy groups -OCH3 is 1. The Morgan fingerprint density at radius 1 is 0.952 bits per heavy atom. The van der Waals surface area contributed by atoms with Crippen molar-refractivity contribution in [1.82, 2.24) is 9.80 Å². The predicted molar refractivity (Wildman–Crippen MR) is 81.1 cm³/mol. The van der Waals surface area contributed by atoms with E-state index in [1.807, 2.05) is 20.8 Å². The van der Waals surface area contributed by atoms with Crippen molar-refractivity contribution in [2.24, 2.45) is 0 Å². The highest BCUT2D eigenvalue weighted by Gasteiger charge is 2.43. The molecule has 0 aromatic carbocycles. The number of nitrogens with zero attached hydrogens (tertiary/aromatic N) is 2. The van der Waals surface area contributed by atoms with Gasteiger partial charge in [-0.15, -0.1) is 0 Å². The van der Waals surface area contributed by atoms with E-state index in [0.717, 1.165) is 13.1 Å². The van der Waals surface area contributed by atoms with Crippen LogP contribution in [0.2, 0.25) is 0 Å². The maximum atomic E-state index is 11.5. The van der Waals surface area contributed by atoms with Crippen LogP contribution in [0.1, 0.15) is 20.8 Å². The van der Waals surface area contributed by atoms with E-state index >= 15 is 0 Å². The van der Waals surface area contributed by atoms with Crippen molar-refractivity contribution in [2.75, 3.05) is 59.3 Å². The second kappa shape index (κ2) is 9.37. The molecule has 0 spiro atoms. The minimum Gasteiger partial charge on any atom is -0.453 e. The molecule has 1 saturated heterocycles. The van der Waals surface area contributed by atoms with Crippen LogP contribution in [-0.2, 0) is 18.0 Å². The van der Waals surface area contributed by atoms with Gasteiger partial charge in [0.1, 0.15) is 0 Å². The lowest BCUT2D eigenvalue weighted by Gasteiger charge is -2.38. The number of amides is 1. The van der Waals surface area contributed by atoms with Crippen LogP contribution in [0.4, 0.5) is 4.79 Å². The van der Waals surface area contributed by atoms with Crippen molar-refractivity contribution in [3.63, 3.8) is 0 Å². The lowest BCUT2D eigenvalue weighted by molar-refractivity contribution is 0.0462. The molecule has 1 aliphatic rings. The fourth-order valence-electron chi connectivity index (χ4n) is 2.41. The highest BCUT2D eigenvalue weighted by Crippen LogP contribution is 2.14. The van der Waals surface area contributed by atoms with Gasteiger partial charge < -0.3 is 22.9 Å². The Bertz CT molecular complexity index is 294. The molecule has 21 heavy (non-hydrogen) atoms. The third kappa shape index (κ3) is 5.55. The van der Waals surface area contributed by atoms with Gasteiger partial charge in [-0.25, -0.2) is 4.79 Å². The zero-order chi connectivity index (χ0) is 15.7. The third-order valence-corrected chi connectivity index (χ3v) is 6.34. The van der Waals surface area contributed by atoms with Gasteiger partial charge in [0.2, 0.25) is 0 Å². The molecule has 1 heterocycles. The molecule has 8 heteroatoms. The van der Waals surface area contributed by atoms with E-state index in [1.165, 1.54) is 7.11 Å². The molecule has 0 aliphatic carbocycles. The Balaban J connectivity index is 2.57. The summed E-state index contributed by atoms with van der Waals surface area (Å²) in [7, 11) is -1.24. The Morgan fingerprint density at radius 3 is 1.81 bits per heavy atom. The van der Waals surface area contributed by atoms with E-state index in [9.17, 15) is 4.79 Å². The van der Waals surface area contributed by atoms with Crippen molar-refractivity contribution in [2.45, 2.75) is 20.8 Å². The molecule has 0 N–H and O–H groups in total. The van der Waals surface area contributed by atoms with E-state index in [0.29, 0.717) is 39.1 Å². The van der Waals surface area contributed by atoms with Gasteiger partial charge >= 0.3 is 14.9 Å². The van der Waals surface area contributed by atoms with Crippen LogP contribution >= 0.6 is 0 Å². The van der Waals surface area contributed by atoms with Crippen molar-refractivity contribution in [3.05, 3.63) is 0 Å². The summed E-state index contributed by atoms with van der Waals surface area (Å²) in [5.41, 5.74) is 0. The Kier molecular flexibility index (Phi) is 8.20. The molecule has 0 saturated carbocycles. The topological polar surface area (TPSA) is 60.5 Å². The van der Waals surface area contributed by atoms with E-state index in [4.69, 9.17) is 18.0 Å². The first-order chi connectivity index (χ1) is 10.1. The number of carbonyl (C=O) groups is 1. The lowest BCUT2D eigenvalue weighted by Crippen LogP contribution is -2.59. The maximum absolute atomic E-state index is 11.5. The molecule has 0 atom stereocenters. The molecule has 124 valence electrons. The fourth-order valence-corrected chi connectivity index (χ4v) is 5.12. The Morgan fingerprint density at radius 2 is 1.43 bits per heavy atom. The zero-order valence-corrected chi connectivity index (χ0v) is 14.6. The summed E-state index contributed by atoms with van der Waals surface area (Å²) >= 11 is 0. The van der Waals surface area contributed by atoms with Gasteiger partial charge in [0.15, 0.2) is 0 Å². The smallest absolute Gasteiger partial charge is 0.453 e. The summed E-state index contributed by atoms with van der Waals surface area (Å²) < 4.78 is 22.3. The van der Waals surface area contributed by atoms with Gasteiger partial charge in [-0.05, 0) is 20.8 Å². The Hall–Kier alpha value is -0.673. The van der Waals surface area contributed by atoms with Crippen LogP contribution < -0.4 is 0 Å². The maximum Gasteiger partial charge on any atom is 0.515 e. The standard InChI is InChI=1S/C13H28N2O5Si/c1-5-18-21(19-6-2,20-7-3)12-14-8-10-15(11-9-14)13(16)17-4/h5-12H2,1-4H3. The monoisotopic (exact) mass is 320 g/mol. The number of piperazine rings is 1. The average molecular weight is 320 g/mol. The average Bonchev–Trinajstić information content (AvgIpc) is 2.48. The van der Waals surface area contributed by atoms with Crippen LogP contribution in [0.25, 0.3) is 0 Å². The molecular weight excluding hydrogens is 292 g/mol. The molecule has 1 aliphatic heterocycles. The van der Waals surface area contributed by atoms with Crippen LogP contribution in [0, 0.1) is 0 Å². The quantitative estimate of drug-likeness (QED) is 0.621. The number of rotatable bonds is 8. The fraction of sp³-hybridized carbons (Fsp3) is 0.923. The van der Waals surface area contributed by atoms with E-state index in [-0.39, 0.29) is 6.09 Å². The third-order valence-electron chi connectivity index (χ3n) is 3.32. The van der Waals surface area contributed by atoms with Crippen LogP contribution in [0.3, 0.4) is 0 Å². The second-order valence-electron chi connectivity index (χ2n) is 4.72. The summed E-state index contributed by atoms with van der Waals surface area (Å²) in [6, 6.07) is 0. The molecule has 1 amide bonds. The van der Waals surface area contributed by atoms with Gasteiger partial charge in [0, 0.05) is 46.0 Å². The van der Waals surface area contributed by atoms with Crippen molar-refractivity contribution in [3.8, 4) is 0 Å². The number of carbonyl (C=O) groups excluding carboxylic acids is 1. The predicted octanol–water partition coefficient (Wildman–Crippen LogP) is 0.958. The van der Waals surface area contributed by atoms with Crippen molar-refractivity contribution >= 4 is 14.9 Å². The zero-order valence-electron chi connectivity index (χ0n) is 13.6. The number of hydrogen-bond donors (Lipinski definition) is 0. The normalized spacial score (nSPS) is 17.0. The van der Waals surface area contributed by atoms with E-state index < -0.39 is 8.80 Å². The Labute approximate surface area is 128 Å². The first-order valence-corrected chi connectivity index (χ1v) is 9.51. The van der Waals surface area contributed by atoms with Crippen molar-refractivity contribution < 1.29 is 22.8 Å². The first-order valence-electron chi connectivity index (χ1n) is 7.57. The minimum atomic E-state index is -2.65. The lowest BCUT2D eigenvalue weighted by atomic mass is 10.3. The van der Waals surface area contributed by atoms with Gasteiger partial charge in [-0.1, -0.05) is 0 Å². The molecule has 0 bridgehead atoms. The summed E-state index contributed by atoms with van der Waals surface area (Å²) in [6.07, 6.45) is 0.398. The van der Waals surface area contributed by atoms with Crippen LogP contribution in [0.15, 0.2) is 0 Å². The largest absolute Gasteiger partial charge is 0.515 e. The van der Waals surface area contributed by atoms with Gasteiger partial charge in [-0.3, -0.25) is 4.90 Å². The summed E-state index contributed by atoms with van der Waals surface area (Å²) in [5.74, 6) is 0. The number of ether oxygens (including phenoxy) is 1. The first kappa shape index (κ1) is 18.4. The second-order valence-corrected chi connectivity index (χ2v) is 7.26. The molecule has 0 unspecified atom stereocenters. The molecule has 0 aromatic heterocycles. The highest BCUT2D eigenvalue weighted by atomic mass is 28.4. The summed E-state index contributed by atoms with van der Waals surface area (Å²) in [4.78, 5) is 15.4.